The van der Waals surface area contributed by atoms with Crippen molar-refractivity contribution in [3.63, 3.8) is 0 Å². The van der Waals surface area contributed by atoms with Gasteiger partial charge in [-0.05, 0) is 18.3 Å². The molecule has 0 spiro atoms. The van der Waals surface area contributed by atoms with E-state index in [1.807, 2.05) is 19.8 Å². The van der Waals surface area contributed by atoms with E-state index < -0.39 is 17.9 Å². The molecule has 1 atom stereocenters. The predicted molar refractivity (Wildman–Crippen MR) is 47.9 cm³/mol. The normalized spacial score (nSPS) is 11.8. The highest BCUT2D eigenvalue weighted by Crippen LogP contribution is 2.04. The predicted octanol–water partition coefficient (Wildman–Crippen LogP) is 0.235. The van der Waals surface area contributed by atoms with Crippen molar-refractivity contribution in [2.24, 2.45) is 5.92 Å². The largest absolute Gasteiger partial charge is 0.480 e. The van der Waals surface area contributed by atoms with Crippen LogP contribution in [0.15, 0.2) is 0 Å². The molecule has 13 heavy (non-hydrogen) atoms. The highest BCUT2D eigenvalue weighted by atomic mass is 16.4. The van der Waals surface area contributed by atoms with Crippen molar-refractivity contribution in [1.82, 2.24) is 5.32 Å². The number of carboxylic acids is 1. The van der Waals surface area contributed by atoms with Crippen LogP contribution in [0.4, 0.5) is 0 Å². The van der Waals surface area contributed by atoms with Gasteiger partial charge in [0.15, 0.2) is 0 Å². The molecule has 4 heteroatoms. The molecule has 0 rings (SSSR count). The minimum absolute atomic E-state index is 0.194. The Labute approximate surface area is 77.3 Å². The molecular weight excluding hydrogens is 170 g/mol. The summed E-state index contributed by atoms with van der Waals surface area (Å²) in [5.41, 5.74) is 0. The van der Waals surface area contributed by atoms with E-state index in [0.717, 1.165) is 0 Å². The summed E-state index contributed by atoms with van der Waals surface area (Å²) in [5.74, 6) is 0.259. The third-order valence-electron chi connectivity index (χ3n) is 1.44. The van der Waals surface area contributed by atoms with Crippen LogP contribution in [0.3, 0.4) is 0 Å². The molecular formula is C9H13NO3. The third kappa shape index (κ3) is 4.86. The van der Waals surface area contributed by atoms with Gasteiger partial charge < -0.3 is 10.4 Å². The lowest BCUT2D eigenvalue weighted by Gasteiger charge is -2.14. The molecule has 0 bridgehead atoms. The fraction of sp³-hybridized carbons (Fsp3) is 0.556. The summed E-state index contributed by atoms with van der Waals surface area (Å²) in [6, 6.07) is -0.886. The Bertz CT molecular complexity index is 240. The summed E-state index contributed by atoms with van der Waals surface area (Å²) in [6.45, 7) is 3.75. The van der Waals surface area contributed by atoms with E-state index in [4.69, 9.17) is 11.5 Å². The lowest BCUT2D eigenvalue weighted by atomic mass is 10.0. The minimum atomic E-state index is -1.06. The molecule has 0 saturated carbocycles. The van der Waals surface area contributed by atoms with E-state index in [-0.39, 0.29) is 5.92 Å². The SMILES string of the molecule is C#CC(=O)N[C@H](CC(C)C)C(=O)O. The molecule has 0 aliphatic rings. The van der Waals surface area contributed by atoms with Gasteiger partial charge in [-0.1, -0.05) is 13.8 Å². The molecule has 0 fully saturated rings. The molecule has 0 unspecified atom stereocenters. The summed E-state index contributed by atoms with van der Waals surface area (Å²) in [4.78, 5) is 21.3. The highest BCUT2D eigenvalue weighted by Gasteiger charge is 2.19. The number of amides is 1. The fourth-order valence-electron chi connectivity index (χ4n) is 0.893. The summed E-state index contributed by atoms with van der Waals surface area (Å²) >= 11 is 0. The molecule has 0 saturated heterocycles. The minimum Gasteiger partial charge on any atom is -0.480 e. The fourth-order valence-corrected chi connectivity index (χ4v) is 0.893. The van der Waals surface area contributed by atoms with Crippen molar-refractivity contribution in [1.29, 1.82) is 0 Å². The van der Waals surface area contributed by atoms with Crippen LogP contribution in [0.2, 0.25) is 0 Å². The first-order valence-corrected chi connectivity index (χ1v) is 3.97. The second-order valence-corrected chi connectivity index (χ2v) is 3.14. The van der Waals surface area contributed by atoms with E-state index >= 15 is 0 Å². The maximum atomic E-state index is 10.7. The number of aliphatic carboxylic acids is 1. The van der Waals surface area contributed by atoms with Crippen LogP contribution in [-0.2, 0) is 9.59 Å². The molecule has 2 N–H and O–H groups in total. The first-order chi connectivity index (χ1) is 5.97. The Morgan fingerprint density at radius 2 is 2.08 bits per heavy atom. The Hall–Kier alpha value is -1.50. The lowest BCUT2D eigenvalue weighted by Crippen LogP contribution is -2.40. The second-order valence-electron chi connectivity index (χ2n) is 3.14. The lowest BCUT2D eigenvalue weighted by molar-refractivity contribution is -0.141. The van der Waals surface area contributed by atoms with Gasteiger partial charge >= 0.3 is 5.97 Å². The topological polar surface area (TPSA) is 66.4 Å². The molecule has 1 amide bonds. The van der Waals surface area contributed by atoms with Crippen LogP contribution in [0.5, 0.6) is 0 Å². The number of nitrogens with one attached hydrogen (secondary N) is 1. The summed E-state index contributed by atoms with van der Waals surface area (Å²) in [6.07, 6.45) is 5.17. The van der Waals surface area contributed by atoms with Gasteiger partial charge in [-0.3, -0.25) is 4.79 Å². The van der Waals surface area contributed by atoms with E-state index in [0.29, 0.717) is 6.42 Å². The Morgan fingerprint density at radius 1 is 1.54 bits per heavy atom. The van der Waals surface area contributed by atoms with Gasteiger partial charge in [0.1, 0.15) is 6.04 Å². The molecule has 0 aromatic rings. The zero-order valence-electron chi connectivity index (χ0n) is 7.70. The average molecular weight is 183 g/mol. The quantitative estimate of drug-likeness (QED) is 0.613. The number of carboxylic acid groups (broad SMARTS) is 1. The molecule has 0 heterocycles. The van der Waals surface area contributed by atoms with E-state index in [2.05, 4.69) is 5.32 Å². The van der Waals surface area contributed by atoms with Crippen molar-refractivity contribution in [2.75, 3.05) is 0 Å². The van der Waals surface area contributed by atoms with Crippen molar-refractivity contribution >= 4 is 11.9 Å². The van der Waals surface area contributed by atoms with Gasteiger partial charge in [0.25, 0.3) is 5.91 Å². The smallest absolute Gasteiger partial charge is 0.326 e. The monoisotopic (exact) mass is 183 g/mol. The van der Waals surface area contributed by atoms with Crippen molar-refractivity contribution in [3.05, 3.63) is 0 Å². The second kappa shape index (κ2) is 5.20. The van der Waals surface area contributed by atoms with E-state index in [1.54, 1.807) is 0 Å². The maximum absolute atomic E-state index is 10.7. The maximum Gasteiger partial charge on any atom is 0.326 e. The van der Waals surface area contributed by atoms with Gasteiger partial charge in [0, 0.05) is 0 Å². The van der Waals surface area contributed by atoms with E-state index in [1.165, 1.54) is 0 Å². The molecule has 4 nitrogen and oxygen atoms in total. The zero-order chi connectivity index (χ0) is 10.4. The summed E-state index contributed by atoms with van der Waals surface area (Å²) < 4.78 is 0. The van der Waals surface area contributed by atoms with Gasteiger partial charge in [-0.15, -0.1) is 6.42 Å². The zero-order valence-corrected chi connectivity index (χ0v) is 7.70. The van der Waals surface area contributed by atoms with Gasteiger partial charge in [-0.2, -0.15) is 0 Å². The standard InChI is InChI=1S/C9H13NO3/c1-4-8(11)10-7(9(12)13)5-6(2)3/h1,6-7H,5H2,2-3H3,(H,10,11)(H,12,13)/t7-/m1/s1. The number of hydrogen-bond acceptors (Lipinski definition) is 2. The van der Waals surface area contributed by atoms with Crippen LogP contribution in [0.1, 0.15) is 20.3 Å². The molecule has 72 valence electrons. The van der Waals surface area contributed by atoms with Crippen LogP contribution < -0.4 is 5.32 Å². The molecule has 0 aliphatic heterocycles. The van der Waals surface area contributed by atoms with Crippen LogP contribution in [-0.4, -0.2) is 23.0 Å². The Balaban J connectivity index is 4.20. The highest BCUT2D eigenvalue weighted by molar-refractivity contribution is 5.95. The molecule has 0 aliphatic carbocycles. The summed E-state index contributed by atoms with van der Waals surface area (Å²) in [7, 11) is 0. The number of hydrogen-bond donors (Lipinski definition) is 2. The first-order valence-electron chi connectivity index (χ1n) is 3.97. The Kier molecular flexibility index (Phi) is 4.60. The van der Waals surface area contributed by atoms with Gasteiger partial charge in [-0.25, -0.2) is 4.79 Å². The number of rotatable bonds is 4. The average Bonchev–Trinajstić information content (AvgIpc) is 2.02. The molecule has 0 aromatic carbocycles. The van der Waals surface area contributed by atoms with Gasteiger partial charge in [0.2, 0.25) is 0 Å². The molecule has 0 radical (unpaired) electrons. The van der Waals surface area contributed by atoms with Crippen LogP contribution in [0, 0.1) is 18.3 Å². The number of terminal acetylenes is 1. The summed E-state index contributed by atoms with van der Waals surface area (Å²) in [5, 5.41) is 10.9. The van der Waals surface area contributed by atoms with E-state index in [9.17, 15) is 9.59 Å². The first kappa shape index (κ1) is 11.5. The number of carbonyl (C=O) groups is 2. The third-order valence-corrected chi connectivity index (χ3v) is 1.44. The van der Waals surface area contributed by atoms with Crippen LogP contribution in [0.25, 0.3) is 0 Å². The van der Waals surface area contributed by atoms with Crippen molar-refractivity contribution in [3.8, 4) is 12.3 Å². The number of carbonyl (C=O) groups excluding carboxylic acids is 1. The van der Waals surface area contributed by atoms with Crippen molar-refractivity contribution < 1.29 is 14.7 Å². The van der Waals surface area contributed by atoms with Gasteiger partial charge in [0.05, 0.1) is 0 Å². The Morgan fingerprint density at radius 3 is 2.38 bits per heavy atom. The molecule has 0 aromatic heterocycles. The van der Waals surface area contributed by atoms with Crippen LogP contribution >= 0.6 is 0 Å². The van der Waals surface area contributed by atoms with Crippen molar-refractivity contribution in [2.45, 2.75) is 26.3 Å².